The number of ether oxygens (including phenoxy) is 2. The van der Waals surface area contributed by atoms with Crippen LogP contribution >= 0.6 is 0 Å². The standard InChI is InChI=1S/C21H19F4N3O3/c1-3-31-17-9-8-13(10-18(17)30-2)11-26-20(29)14-12-27-28(19(14)21(23,24)25)16-7-5-4-6-15(16)22/h4-10,12H,3,11H2,1-2H3,(H,26,29). The predicted octanol–water partition coefficient (Wildman–Crippen LogP) is 4.37. The van der Waals surface area contributed by atoms with E-state index in [0.717, 1.165) is 18.3 Å². The normalized spacial score (nSPS) is 11.3. The number of rotatable bonds is 7. The Balaban J connectivity index is 1.87. The van der Waals surface area contributed by atoms with Gasteiger partial charge in [-0.2, -0.15) is 18.3 Å². The Labute approximate surface area is 175 Å². The third-order valence-corrected chi connectivity index (χ3v) is 4.34. The summed E-state index contributed by atoms with van der Waals surface area (Å²) in [6, 6.07) is 9.77. The number of nitrogens with zero attached hydrogens (tertiary/aromatic N) is 2. The van der Waals surface area contributed by atoms with Gasteiger partial charge in [0.15, 0.2) is 17.2 Å². The van der Waals surface area contributed by atoms with E-state index in [1.807, 2.05) is 6.92 Å². The largest absolute Gasteiger partial charge is 0.493 e. The lowest BCUT2D eigenvalue weighted by Crippen LogP contribution is -2.26. The van der Waals surface area contributed by atoms with Gasteiger partial charge in [-0.15, -0.1) is 0 Å². The van der Waals surface area contributed by atoms with Crippen LogP contribution in [0.5, 0.6) is 11.5 Å². The van der Waals surface area contributed by atoms with E-state index in [0.29, 0.717) is 28.4 Å². The third kappa shape index (κ3) is 4.79. The molecule has 0 bridgehead atoms. The van der Waals surface area contributed by atoms with Gasteiger partial charge in [0.25, 0.3) is 5.91 Å². The van der Waals surface area contributed by atoms with Crippen molar-refractivity contribution < 1.29 is 31.8 Å². The van der Waals surface area contributed by atoms with Crippen molar-refractivity contribution >= 4 is 5.91 Å². The van der Waals surface area contributed by atoms with Crippen LogP contribution in [0, 0.1) is 5.82 Å². The van der Waals surface area contributed by atoms with Crippen molar-refractivity contribution in [2.75, 3.05) is 13.7 Å². The van der Waals surface area contributed by atoms with Gasteiger partial charge in [0.05, 0.1) is 25.5 Å². The zero-order valence-corrected chi connectivity index (χ0v) is 16.7. The maximum atomic E-state index is 14.0. The lowest BCUT2D eigenvalue weighted by Gasteiger charge is -2.14. The molecule has 1 amide bonds. The summed E-state index contributed by atoms with van der Waals surface area (Å²) in [7, 11) is 1.45. The molecular weight excluding hydrogens is 418 g/mol. The van der Waals surface area contributed by atoms with Crippen LogP contribution in [0.4, 0.5) is 17.6 Å². The second kappa shape index (κ2) is 9.07. The van der Waals surface area contributed by atoms with Crippen molar-refractivity contribution in [3.63, 3.8) is 0 Å². The van der Waals surface area contributed by atoms with Crippen LogP contribution in [-0.2, 0) is 12.7 Å². The lowest BCUT2D eigenvalue weighted by molar-refractivity contribution is -0.143. The summed E-state index contributed by atoms with van der Waals surface area (Å²) in [5, 5.41) is 6.04. The molecule has 0 atom stereocenters. The molecule has 1 N–H and O–H groups in total. The molecule has 3 aromatic rings. The van der Waals surface area contributed by atoms with Crippen LogP contribution in [0.2, 0.25) is 0 Å². The van der Waals surface area contributed by atoms with Crippen molar-refractivity contribution in [3.8, 4) is 17.2 Å². The number of carbonyl (C=O) groups is 1. The highest BCUT2D eigenvalue weighted by atomic mass is 19.4. The lowest BCUT2D eigenvalue weighted by atomic mass is 10.1. The van der Waals surface area contributed by atoms with Crippen molar-refractivity contribution in [1.82, 2.24) is 15.1 Å². The first-order valence-electron chi connectivity index (χ1n) is 9.24. The average Bonchev–Trinajstić information content (AvgIpc) is 3.19. The number of hydrogen-bond donors (Lipinski definition) is 1. The summed E-state index contributed by atoms with van der Waals surface area (Å²) in [5.74, 6) is -0.963. The fourth-order valence-electron chi connectivity index (χ4n) is 2.97. The zero-order chi connectivity index (χ0) is 22.6. The molecule has 0 spiro atoms. The molecule has 2 aromatic carbocycles. The van der Waals surface area contributed by atoms with Gasteiger partial charge in [0.2, 0.25) is 0 Å². The van der Waals surface area contributed by atoms with E-state index < -0.39 is 34.8 Å². The van der Waals surface area contributed by atoms with Gasteiger partial charge >= 0.3 is 6.18 Å². The molecule has 0 saturated heterocycles. The molecule has 3 rings (SSSR count). The number of aromatic nitrogens is 2. The van der Waals surface area contributed by atoms with Crippen molar-refractivity contribution in [2.45, 2.75) is 19.6 Å². The number of halogens is 4. The molecular formula is C21H19F4N3O3. The van der Waals surface area contributed by atoms with Crippen LogP contribution in [0.15, 0.2) is 48.7 Å². The Kier molecular flexibility index (Phi) is 6.47. The molecule has 0 aliphatic heterocycles. The first-order chi connectivity index (χ1) is 14.8. The van der Waals surface area contributed by atoms with E-state index in [1.54, 1.807) is 18.2 Å². The summed E-state index contributed by atoms with van der Waals surface area (Å²) in [6.07, 6.45) is -4.17. The highest BCUT2D eigenvalue weighted by Crippen LogP contribution is 2.34. The van der Waals surface area contributed by atoms with E-state index >= 15 is 0 Å². The molecule has 1 heterocycles. The van der Waals surface area contributed by atoms with Gasteiger partial charge in [0.1, 0.15) is 11.5 Å². The Morgan fingerprint density at radius 1 is 1.16 bits per heavy atom. The molecule has 31 heavy (non-hydrogen) atoms. The van der Waals surface area contributed by atoms with Crippen molar-refractivity contribution in [3.05, 3.63) is 71.3 Å². The number of methoxy groups -OCH3 is 1. The Morgan fingerprint density at radius 3 is 2.55 bits per heavy atom. The third-order valence-electron chi connectivity index (χ3n) is 4.34. The number of hydrogen-bond acceptors (Lipinski definition) is 4. The highest BCUT2D eigenvalue weighted by Gasteiger charge is 2.41. The smallest absolute Gasteiger partial charge is 0.434 e. The molecule has 0 saturated carbocycles. The monoisotopic (exact) mass is 437 g/mol. The molecule has 0 aliphatic carbocycles. The molecule has 0 radical (unpaired) electrons. The predicted molar refractivity (Wildman–Crippen MR) is 104 cm³/mol. The van der Waals surface area contributed by atoms with Gasteiger partial charge in [-0.1, -0.05) is 18.2 Å². The van der Waals surface area contributed by atoms with E-state index in [1.165, 1.54) is 19.2 Å². The van der Waals surface area contributed by atoms with Crippen LogP contribution in [0.25, 0.3) is 5.69 Å². The van der Waals surface area contributed by atoms with Gasteiger partial charge < -0.3 is 14.8 Å². The maximum Gasteiger partial charge on any atom is 0.434 e. The molecule has 10 heteroatoms. The van der Waals surface area contributed by atoms with E-state index in [2.05, 4.69) is 10.4 Å². The number of para-hydroxylation sites is 1. The summed E-state index contributed by atoms with van der Waals surface area (Å²) in [6.45, 7) is 2.18. The highest BCUT2D eigenvalue weighted by molar-refractivity contribution is 5.95. The number of amides is 1. The second-order valence-corrected chi connectivity index (χ2v) is 6.37. The molecule has 164 valence electrons. The van der Waals surface area contributed by atoms with Crippen LogP contribution < -0.4 is 14.8 Å². The Bertz CT molecular complexity index is 1080. The van der Waals surface area contributed by atoms with E-state index in [-0.39, 0.29) is 6.54 Å². The Hall–Kier alpha value is -3.56. The van der Waals surface area contributed by atoms with Crippen molar-refractivity contribution in [1.29, 1.82) is 0 Å². The quantitative estimate of drug-likeness (QED) is 0.558. The van der Waals surface area contributed by atoms with Gasteiger partial charge in [-0.05, 0) is 36.8 Å². The summed E-state index contributed by atoms with van der Waals surface area (Å²) in [4.78, 5) is 12.5. The van der Waals surface area contributed by atoms with Crippen LogP contribution in [0.3, 0.4) is 0 Å². The SMILES string of the molecule is CCOc1ccc(CNC(=O)c2cnn(-c3ccccc3F)c2C(F)(F)F)cc1OC. The van der Waals surface area contributed by atoms with E-state index in [9.17, 15) is 22.4 Å². The average molecular weight is 437 g/mol. The van der Waals surface area contributed by atoms with Crippen LogP contribution in [0.1, 0.15) is 28.5 Å². The molecule has 6 nitrogen and oxygen atoms in total. The maximum absolute atomic E-state index is 14.0. The minimum Gasteiger partial charge on any atom is -0.493 e. The fraction of sp³-hybridized carbons (Fsp3) is 0.238. The minimum atomic E-state index is -4.94. The Morgan fingerprint density at radius 2 is 1.90 bits per heavy atom. The number of carbonyl (C=O) groups excluding carboxylic acids is 1. The zero-order valence-electron chi connectivity index (χ0n) is 16.7. The fourth-order valence-corrected chi connectivity index (χ4v) is 2.97. The summed E-state index contributed by atoms with van der Waals surface area (Å²) in [5.41, 5.74) is -1.90. The molecule has 0 unspecified atom stereocenters. The van der Waals surface area contributed by atoms with Crippen molar-refractivity contribution in [2.24, 2.45) is 0 Å². The number of benzene rings is 2. The van der Waals surface area contributed by atoms with E-state index in [4.69, 9.17) is 9.47 Å². The first kappa shape index (κ1) is 22.1. The van der Waals surface area contributed by atoms with Gasteiger partial charge in [-0.25, -0.2) is 9.07 Å². The molecule has 0 aliphatic rings. The molecule has 0 fully saturated rings. The minimum absolute atomic E-state index is 0.0657. The van der Waals surface area contributed by atoms with Gasteiger partial charge in [0, 0.05) is 6.54 Å². The topological polar surface area (TPSA) is 65.4 Å². The second-order valence-electron chi connectivity index (χ2n) is 6.37. The summed E-state index contributed by atoms with van der Waals surface area (Å²) < 4.78 is 66.2. The number of alkyl halides is 3. The summed E-state index contributed by atoms with van der Waals surface area (Å²) >= 11 is 0. The van der Waals surface area contributed by atoms with Crippen LogP contribution in [-0.4, -0.2) is 29.4 Å². The molecule has 1 aromatic heterocycles. The van der Waals surface area contributed by atoms with Gasteiger partial charge in [-0.3, -0.25) is 4.79 Å². The number of nitrogens with one attached hydrogen (secondary N) is 1. The first-order valence-corrected chi connectivity index (χ1v) is 9.24.